The Kier molecular flexibility index (Phi) is 6.63. The quantitative estimate of drug-likeness (QED) is 0.229. The molecule has 8 nitrogen and oxygen atoms in total. The molecule has 0 atom stereocenters. The van der Waals surface area contributed by atoms with Crippen molar-refractivity contribution in [3.05, 3.63) is 125 Å². The zero-order chi connectivity index (χ0) is 29.5. The number of benzene rings is 2. The van der Waals surface area contributed by atoms with Crippen molar-refractivity contribution in [1.82, 2.24) is 14.5 Å². The summed E-state index contributed by atoms with van der Waals surface area (Å²) in [6.45, 7) is 0.305. The number of nitrogens with zero attached hydrogens (tertiary/aromatic N) is 3. The molecule has 11 heteroatoms. The molecule has 212 valence electrons. The van der Waals surface area contributed by atoms with Crippen LogP contribution in [0.2, 0.25) is 0 Å². The summed E-state index contributed by atoms with van der Waals surface area (Å²) >= 11 is 1.43. The third-order valence-electron chi connectivity index (χ3n) is 6.89. The second kappa shape index (κ2) is 10.8. The van der Waals surface area contributed by atoms with E-state index in [1.807, 2.05) is 24.3 Å². The summed E-state index contributed by atoms with van der Waals surface area (Å²) in [7, 11) is 0. The molecule has 0 bridgehead atoms. The van der Waals surface area contributed by atoms with Crippen molar-refractivity contribution < 1.29 is 23.0 Å². The Labute approximate surface area is 246 Å². The maximum Gasteiger partial charge on any atom is 0.271 e. The van der Waals surface area contributed by atoms with Gasteiger partial charge >= 0.3 is 0 Å². The van der Waals surface area contributed by atoms with E-state index in [-0.39, 0.29) is 22.7 Å². The molecule has 1 aliphatic heterocycles. The number of hydrogen-bond donors (Lipinski definition) is 1. The summed E-state index contributed by atoms with van der Waals surface area (Å²) in [6, 6.07) is 18.5. The molecular formula is C32H20F2N4O4S. The van der Waals surface area contributed by atoms with Crippen LogP contribution in [0, 0.1) is 11.6 Å². The van der Waals surface area contributed by atoms with E-state index in [9.17, 15) is 14.0 Å². The van der Waals surface area contributed by atoms with Crippen LogP contribution in [0.3, 0.4) is 0 Å². The highest BCUT2D eigenvalue weighted by Gasteiger charge is 2.27. The Morgan fingerprint density at radius 1 is 0.977 bits per heavy atom. The van der Waals surface area contributed by atoms with Crippen LogP contribution in [0.1, 0.15) is 15.9 Å². The van der Waals surface area contributed by atoms with Crippen molar-refractivity contribution in [1.29, 1.82) is 0 Å². The summed E-state index contributed by atoms with van der Waals surface area (Å²) in [5, 5.41) is 2.60. The van der Waals surface area contributed by atoms with Gasteiger partial charge in [-0.25, -0.2) is 8.78 Å². The number of thiophene rings is 1. The molecule has 1 aliphatic rings. The van der Waals surface area contributed by atoms with Crippen LogP contribution < -0.4 is 20.3 Å². The lowest BCUT2D eigenvalue weighted by molar-refractivity contribution is 0.102. The van der Waals surface area contributed by atoms with E-state index in [1.54, 1.807) is 24.7 Å². The Morgan fingerprint density at radius 2 is 1.84 bits per heavy atom. The number of rotatable bonds is 6. The Bertz CT molecular complexity index is 2080. The van der Waals surface area contributed by atoms with Gasteiger partial charge in [-0.2, -0.15) is 0 Å². The van der Waals surface area contributed by atoms with Crippen molar-refractivity contribution in [3.8, 4) is 33.5 Å². The van der Waals surface area contributed by atoms with Crippen molar-refractivity contribution in [2.24, 2.45) is 0 Å². The number of aromatic nitrogens is 3. The molecular weight excluding hydrogens is 574 g/mol. The zero-order valence-corrected chi connectivity index (χ0v) is 23.0. The third kappa shape index (κ3) is 4.99. The lowest BCUT2D eigenvalue weighted by Crippen LogP contribution is -2.29. The topological polar surface area (TPSA) is 95.3 Å². The molecule has 0 saturated heterocycles. The average Bonchev–Trinajstić information content (AvgIpc) is 3.67. The minimum atomic E-state index is -0.760. The predicted octanol–water partition coefficient (Wildman–Crippen LogP) is 6.77. The molecule has 0 aliphatic carbocycles. The fourth-order valence-electron chi connectivity index (χ4n) is 4.85. The summed E-state index contributed by atoms with van der Waals surface area (Å²) < 4.78 is 42.3. The third-order valence-corrected chi connectivity index (χ3v) is 8.05. The van der Waals surface area contributed by atoms with Gasteiger partial charge in [-0.1, -0.05) is 6.07 Å². The normalized spacial score (nSPS) is 12.1. The molecule has 4 aromatic heterocycles. The van der Waals surface area contributed by atoms with Gasteiger partial charge in [0.2, 0.25) is 0 Å². The fraction of sp³-hybridized carbons (Fsp3) is 0.0625. The molecule has 43 heavy (non-hydrogen) atoms. The van der Waals surface area contributed by atoms with Gasteiger partial charge in [0.1, 0.15) is 22.9 Å². The Balaban J connectivity index is 1.16. The number of carbonyl (C=O) groups excluding carboxylic acids is 1. The first-order chi connectivity index (χ1) is 20.9. The van der Waals surface area contributed by atoms with Gasteiger partial charge in [-0.05, 0) is 54.6 Å². The SMILES string of the molecule is O=C(Nc1ccc(Oc2ccnc3cc(-c4ccccn4)sc23)c(F)c1)c1c2c(cn(-c3ccc(F)cc3)c1=O)CCO2. The van der Waals surface area contributed by atoms with Crippen molar-refractivity contribution in [3.63, 3.8) is 0 Å². The highest BCUT2D eigenvalue weighted by atomic mass is 32.1. The van der Waals surface area contributed by atoms with E-state index >= 15 is 4.39 Å². The van der Waals surface area contributed by atoms with E-state index in [0.717, 1.165) is 21.3 Å². The largest absolute Gasteiger partial charge is 0.492 e. The van der Waals surface area contributed by atoms with E-state index in [4.69, 9.17) is 9.47 Å². The number of anilines is 1. The van der Waals surface area contributed by atoms with Crippen molar-refractivity contribution in [2.75, 3.05) is 11.9 Å². The maximum absolute atomic E-state index is 15.3. The van der Waals surface area contributed by atoms with Crippen molar-refractivity contribution >= 4 is 33.1 Å². The molecule has 6 aromatic rings. The monoisotopic (exact) mass is 594 g/mol. The molecule has 0 saturated carbocycles. The van der Waals surface area contributed by atoms with Crippen LogP contribution in [0.15, 0.2) is 96.2 Å². The van der Waals surface area contributed by atoms with Gasteiger partial charge < -0.3 is 14.8 Å². The first-order valence-electron chi connectivity index (χ1n) is 13.2. The van der Waals surface area contributed by atoms with Crippen LogP contribution in [-0.4, -0.2) is 27.0 Å². The van der Waals surface area contributed by atoms with E-state index in [0.29, 0.717) is 35.5 Å². The zero-order valence-electron chi connectivity index (χ0n) is 22.2. The molecule has 2 aromatic carbocycles. The number of nitrogens with one attached hydrogen (secondary N) is 1. The van der Waals surface area contributed by atoms with Gasteiger partial charge in [0.25, 0.3) is 11.5 Å². The molecule has 5 heterocycles. The number of pyridine rings is 3. The predicted molar refractivity (Wildman–Crippen MR) is 158 cm³/mol. The number of ether oxygens (including phenoxy) is 2. The second-order valence-electron chi connectivity index (χ2n) is 9.66. The summed E-state index contributed by atoms with van der Waals surface area (Å²) in [5.41, 5.74) is 1.79. The van der Waals surface area contributed by atoms with E-state index in [1.165, 1.54) is 52.3 Å². The van der Waals surface area contributed by atoms with Gasteiger partial charge in [0.15, 0.2) is 11.6 Å². The van der Waals surface area contributed by atoms with Crippen LogP contribution in [0.5, 0.6) is 17.2 Å². The number of halogens is 2. The van der Waals surface area contributed by atoms with E-state index < -0.39 is 23.1 Å². The Morgan fingerprint density at radius 3 is 2.63 bits per heavy atom. The number of hydrogen-bond acceptors (Lipinski definition) is 7. The second-order valence-corrected chi connectivity index (χ2v) is 10.7. The molecule has 0 spiro atoms. The number of amides is 1. The standard InChI is InChI=1S/C32H20F2N4O4S/c33-19-4-7-21(8-5-19)38-17-18-11-14-41-29(18)28(32(38)40)31(39)37-20-6-9-25(22(34)15-20)42-26-10-13-36-24-16-27(43-30(24)26)23-3-1-2-12-35-23/h1-10,12-13,15-17H,11,14H2,(H,37,39). The smallest absolute Gasteiger partial charge is 0.271 e. The molecule has 0 fully saturated rings. The summed E-state index contributed by atoms with van der Waals surface area (Å²) in [5.74, 6) is -1.38. The maximum atomic E-state index is 15.3. The highest BCUT2D eigenvalue weighted by Crippen LogP contribution is 2.39. The van der Waals surface area contributed by atoms with Gasteiger partial charge in [-0.15, -0.1) is 11.3 Å². The number of carbonyl (C=O) groups is 1. The van der Waals surface area contributed by atoms with Crippen LogP contribution in [-0.2, 0) is 6.42 Å². The number of fused-ring (bicyclic) bond motifs is 2. The average molecular weight is 595 g/mol. The minimum absolute atomic E-state index is 0.0547. The summed E-state index contributed by atoms with van der Waals surface area (Å²) in [4.78, 5) is 36.4. The summed E-state index contributed by atoms with van der Waals surface area (Å²) in [6.07, 6.45) is 5.37. The van der Waals surface area contributed by atoms with Gasteiger partial charge in [0, 0.05) is 54.1 Å². The van der Waals surface area contributed by atoms with Crippen LogP contribution >= 0.6 is 11.3 Å². The first-order valence-corrected chi connectivity index (χ1v) is 14.0. The fourth-order valence-corrected chi connectivity index (χ4v) is 5.90. The molecule has 1 amide bonds. The van der Waals surface area contributed by atoms with Crippen LogP contribution in [0.25, 0.3) is 26.5 Å². The highest BCUT2D eigenvalue weighted by molar-refractivity contribution is 7.22. The van der Waals surface area contributed by atoms with Crippen LogP contribution in [0.4, 0.5) is 14.5 Å². The Hall–Kier alpha value is -5.42. The first kappa shape index (κ1) is 26.5. The van der Waals surface area contributed by atoms with E-state index in [2.05, 4.69) is 15.3 Å². The van der Waals surface area contributed by atoms with Gasteiger partial charge in [0.05, 0.1) is 27.4 Å². The van der Waals surface area contributed by atoms with Gasteiger partial charge in [-0.3, -0.25) is 24.1 Å². The minimum Gasteiger partial charge on any atom is -0.492 e. The van der Waals surface area contributed by atoms with Crippen molar-refractivity contribution in [2.45, 2.75) is 6.42 Å². The molecule has 0 radical (unpaired) electrons. The lowest BCUT2D eigenvalue weighted by atomic mass is 10.1. The lowest BCUT2D eigenvalue weighted by Gasteiger charge is -2.14. The molecule has 1 N–H and O–H groups in total. The molecule has 7 rings (SSSR count). The molecule has 0 unspecified atom stereocenters.